The maximum Gasteiger partial charge on any atom is 0.421 e. The fourth-order valence-electron chi connectivity index (χ4n) is 3.71. The van der Waals surface area contributed by atoms with Gasteiger partial charge in [-0.2, -0.15) is 18.2 Å². The smallest absolute Gasteiger partial charge is 0.378 e. The summed E-state index contributed by atoms with van der Waals surface area (Å²) < 4.78 is 46.8. The number of morpholine rings is 1. The van der Waals surface area contributed by atoms with Crippen LogP contribution in [0.25, 0.3) is 0 Å². The normalized spacial score (nSPS) is 14.3. The number of ketones is 1. The van der Waals surface area contributed by atoms with Crippen LogP contribution < -0.4 is 21.3 Å². The number of aromatic nitrogens is 2. The van der Waals surface area contributed by atoms with Crippen molar-refractivity contribution >= 4 is 51.2 Å². The van der Waals surface area contributed by atoms with Gasteiger partial charge in [-0.3, -0.25) is 9.59 Å². The van der Waals surface area contributed by atoms with Gasteiger partial charge >= 0.3 is 6.18 Å². The number of nitrogens with two attached hydrogens (primary N) is 1. The second kappa shape index (κ2) is 10.6. The van der Waals surface area contributed by atoms with Crippen LogP contribution in [0.1, 0.15) is 41.6 Å². The van der Waals surface area contributed by atoms with Crippen LogP contribution in [0.5, 0.6) is 0 Å². The lowest BCUT2D eigenvalue weighted by molar-refractivity contribution is -0.137. The first kappa shape index (κ1) is 27.3. The van der Waals surface area contributed by atoms with Gasteiger partial charge < -0.3 is 26.0 Å². The summed E-state index contributed by atoms with van der Waals surface area (Å²) in [6, 6.07) is 8.79. The van der Waals surface area contributed by atoms with Gasteiger partial charge in [-0.15, -0.1) is 11.3 Å². The number of halogens is 3. The van der Waals surface area contributed by atoms with Crippen LogP contribution in [-0.2, 0) is 21.1 Å². The van der Waals surface area contributed by atoms with Gasteiger partial charge in [-0.05, 0) is 35.7 Å². The van der Waals surface area contributed by atoms with E-state index in [2.05, 4.69) is 25.5 Å². The second-order valence-corrected chi connectivity index (χ2v) is 10.7. The second-order valence-electron chi connectivity index (χ2n) is 9.65. The van der Waals surface area contributed by atoms with Crippen LogP contribution in [0.4, 0.5) is 41.3 Å². The van der Waals surface area contributed by atoms with Gasteiger partial charge in [-0.1, -0.05) is 20.8 Å². The van der Waals surface area contributed by atoms with Gasteiger partial charge in [0.05, 0.1) is 18.8 Å². The average molecular weight is 549 g/mol. The van der Waals surface area contributed by atoms with Crippen LogP contribution >= 0.6 is 11.3 Å². The lowest BCUT2D eigenvalue weighted by atomic mass is 9.94. The maximum absolute atomic E-state index is 13.8. The third kappa shape index (κ3) is 6.22. The zero-order valence-corrected chi connectivity index (χ0v) is 21.8. The Kier molecular flexibility index (Phi) is 7.61. The van der Waals surface area contributed by atoms with E-state index in [1.807, 2.05) is 32.9 Å². The molecule has 1 aromatic carbocycles. The average Bonchev–Trinajstić information content (AvgIpc) is 3.28. The number of anilines is 5. The molecule has 38 heavy (non-hydrogen) atoms. The lowest BCUT2D eigenvalue weighted by Crippen LogP contribution is -2.36. The number of nitrogens with zero attached hydrogens (tertiary/aromatic N) is 3. The van der Waals surface area contributed by atoms with E-state index in [0.29, 0.717) is 30.0 Å². The standard InChI is InChI=1S/C25H27F3N6O3S/c1-24(2,3)18-12-16(19(35)20(29)36)22(38-18)32-21-17(25(26,27)28)13-30-23(33-21)31-14-4-6-15(7-5-14)34-8-10-37-11-9-34/h4-7,12-13H,8-11H2,1-3H3,(H2,29,36)(H2,30,31,32,33). The van der Waals surface area contributed by atoms with E-state index in [1.54, 1.807) is 12.1 Å². The van der Waals surface area contributed by atoms with Gasteiger partial charge in [0.25, 0.3) is 11.7 Å². The third-order valence-electron chi connectivity index (χ3n) is 5.77. The molecule has 0 spiro atoms. The highest BCUT2D eigenvalue weighted by Gasteiger charge is 2.36. The Bertz CT molecular complexity index is 1330. The number of thiophene rings is 1. The minimum atomic E-state index is -4.78. The highest BCUT2D eigenvalue weighted by atomic mass is 32.1. The number of nitrogens with one attached hydrogen (secondary N) is 2. The van der Waals surface area contributed by atoms with Crippen molar-refractivity contribution in [3.05, 3.63) is 52.5 Å². The molecule has 4 rings (SSSR count). The van der Waals surface area contributed by atoms with Crippen molar-refractivity contribution in [2.24, 2.45) is 5.73 Å². The van der Waals surface area contributed by atoms with Crippen LogP contribution in [-0.4, -0.2) is 48.0 Å². The minimum Gasteiger partial charge on any atom is -0.378 e. The minimum absolute atomic E-state index is 0.0312. The molecule has 9 nitrogen and oxygen atoms in total. The first-order chi connectivity index (χ1) is 17.8. The predicted molar refractivity (Wildman–Crippen MR) is 140 cm³/mol. The molecule has 2 aromatic heterocycles. The highest BCUT2D eigenvalue weighted by Crippen LogP contribution is 2.40. The molecule has 1 aliphatic heterocycles. The summed E-state index contributed by atoms with van der Waals surface area (Å²) in [5.74, 6) is -2.88. The Morgan fingerprint density at radius 2 is 1.74 bits per heavy atom. The van der Waals surface area contributed by atoms with Crippen molar-refractivity contribution in [3.63, 3.8) is 0 Å². The molecule has 3 aromatic rings. The van der Waals surface area contributed by atoms with Gasteiger partial charge in [0.1, 0.15) is 16.4 Å². The molecule has 1 fully saturated rings. The number of ether oxygens (including phenoxy) is 1. The Hall–Kier alpha value is -3.71. The molecular formula is C25H27F3N6O3S. The van der Waals surface area contributed by atoms with Crippen molar-refractivity contribution < 1.29 is 27.5 Å². The number of amides is 1. The number of hydrogen-bond donors (Lipinski definition) is 3. The molecule has 202 valence electrons. The van der Waals surface area contributed by atoms with Crippen LogP contribution in [0, 0.1) is 0 Å². The van der Waals surface area contributed by atoms with Gasteiger partial charge in [0, 0.05) is 35.5 Å². The van der Waals surface area contributed by atoms with Gasteiger partial charge in [-0.25, -0.2) is 4.98 Å². The largest absolute Gasteiger partial charge is 0.421 e. The number of benzene rings is 1. The summed E-state index contributed by atoms with van der Waals surface area (Å²) in [5, 5.41) is 5.56. The fourth-order valence-corrected chi connectivity index (χ4v) is 4.83. The number of hydrogen-bond acceptors (Lipinski definition) is 9. The molecule has 4 N–H and O–H groups in total. The zero-order chi connectivity index (χ0) is 27.7. The molecule has 0 unspecified atom stereocenters. The van der Waals surface area contributed by atoms with E-state index < -0.39 is 34.7 Å². The molecule has 0 bridgehead atoms. The number of carbonyl (C=O) groups is 2. The lowest BCUT2D eigenvalue weighted by Gasteiger charge is -2.28. The quantitative estimate of drug-likeness (QED) is 0.283. The Morgan fingerprint density at radius 1 is 1.08 bits per heavy atom. The fraction of sp³-hybridized carbons (Fsp3) is 0.360. The molecule has 0 saturated carbocycles. The Balaban J connectivity index is 1.65. The molecular weight excluding hydrogens is 521 g/mol. The van der Waals surface area contributed by atoms with E-state index in [9.17, 15) is 22.8 Å². The molecule has 0 aliphatic carbocycles. The summed E-state index contributed by atoms with van der Waals surface area (Å²) in [6.45, 7) is 8.44. The molecule has 1 aliphatic rings. The number of carbonyl (C=O) groups excluding carboxylic acids is 2. The van der Waals surface area contributed by atoms with Crippen molar-refractivity contribution in [2.75, 3.05) is 41.8 Å². The number of Topliss-reactive ketones (excluding diaryl/α,β-unsaturated/α-hetero) is 1. The van der Waals surface area contributed by atoms with E-state index in [0.717, 1.165) is 30.1 Å². The van der Waals surface area contributed by atoms with Gasteiger partial charge in [0.15, 0.2) is 0 Å². The van der Waals surface area contributed by atoms with E-state index in [1.165, 1.54) is 6.07 Å². The number of rotatable bonds is 7. The van der Waals surface area contributed by atoms with Crippen molar-refractivity contribution in [1.82, 2.24) is 9.97 Å². The van der Waals surface area contributed by atoms with Crippen LogP contribution in [0.2, 0.25) is 0 Å². The summed E-state index contributed by atoms with van der Waals surface area (Å²) in [6.07, 6.45) is -4.12. The molecule has 13 heteroatoms. The summed E-state index contributed by atoms with van der Waals surface area (Å²) in [7, 11) is 0. The zero-order valence-electron chi connectivity index (χ0n) is 21.0. The first-order valence-electron chi connectivity index (χ1n) is 11.7. The predicted octanol–water partition coefficient (Wildman–Crippen LogP) is 4.85. The van der Waals surface area contributed by atoms with Crippen molar-refractivity contribution in [1.29, 1.82) is 0 Å². The number of alkyl halides is 3. The highest BCUT2D eigenvalue weighted by molar-refractivity contribution is 7.16. The topological polar surface area (TPSA) is 122 Å². The van der Waals surface area contributed by atoms with Crippen molar-refractivity contribution in [2.45, 2.75) is 32.4 Å². The SMILES string of the molecule is CC(C)(C)c1cc(C(=O)C(N)=O)c(Nc2nc(Nc3ccc(N4CCOCC4)cc3)ncc2C(F)(F)F)s1. The monoisotopic (exact) mass is 548 g/mol. The molecule has 3 heterocycles. The van der Waals surface area contributed by atoms with E-state index in [4.69, 9.17) is 10.5 Å². The third-order valence-corrected chi connectivity index (χ3v) is 7.24. The summed E-state index contributed by atoms with van der Waals surface area (Å²) in [4.78, 5) is 34.8. The van der Waals surface area contributed by atoms with Gasteiger partial charge in [0.2, 0.25) is 5.95 Å². The first-order valence-corrected chi connectivity index (χ1v) is 12.5. The molecule has 0 atom stereocenters. The summed E-state index contributed by atoms with van der Waals surface area (Å²) >= 11 is 1.05. The molecule has 1 amide bonds. The molecule has 0 radical (unpaired) electrons. The van der Waals surface area contributed by atoms with Crippen LogP contribution in [0.15, 0.2) is 36.5 Å². The molecule has 1 saturated heterocycles. The van der Waals surface area contributed by atoms with E-state index in [-0.39, 0.29) is 16.5 Å². The maximum atomic E-state index is 13.8. The van der Waals surface area contributed by atoms with E-state index >= 15 is 0 Å². The Morgan fingerprint density at radius 3 is 2.32 bits per heavy atom. The van der Waals surface area contributed by atoms with Crippen molar-refractivity contribution in [3.8, 4) is 0 Å². The Labute approximate surface area is 221 Å². The van der Waals surface area contributed by atoms with Crippen LogP contribution in [0.3, 0.4) is 0 Å². The summed E-state index contributed by atoms with van der Waals surface area (Å²) in [5.41, 5.74) is 5.06. The number of primary amides is 1.